The number of aromatic nitrogens is 1. The second-order valence-corrected chi connectivity index (χ2v) is 6.47. The molecule has 0 bridgehead atoms. The molecular weight excluding hydrogens is 338 g/mol. The van der Waals surface area contributed by atoms with E-state index in [9.17, 15) is 4.79 Å². The first-order valence-electron chi connectivity index (χ1n) is 7.18. The Labute approximate surface area is 144 Å². The standard InChI is InChI=1S/C15H19N3O3S.ClH/c1-20-9-10-3-2-4-11-12(10)17-14(22-11)18-13(19)15(16)5-7-21-8-6-15;/h2-4H,5-9,16H2,1H3,(H,17,18,19);1H. The Morgan fingerprint density at radius 3 is 2.91 bits per heavy atom. The highest BCUT2D eigenvalue weighted by Gasteiger charge is 2.36. The van der Waals surface area contributed by atoms with E-state index < -0.39 is 5.54 Å². The number of anilines is 1. The van der Waals surface area contributed by atoms with E-state index in [0.717, 1.165) is 15.8 Å². The van der Waals surface area contributed by atoms with Gasteiger partial charge in [0.1, 0.15) is 5.54 Å². The number of ether oxygens (including phenoxy) is 2. The van der Waals surface area contributed by atoms with Crippen molar-refractivity contribution in [2.75, 3.05) is 25.6 Å². The van der Waals surface area contributed by atoms with Crippen LogP contribution in [0.1, 0.15) is 18.4 Å². The summed E-state index contributed by atoms with van der Waals surface area (Å²) in [6.45, 7) is 1.52. The molecule has 1 amide bonds. The zero-order valence-electron chi connectivity index (χ0n) is 12.8. The van der Waals surface area contributed by atoms with Crippen LogP contribution in [-0.2, 0) is 20.9 Å². The lowest BCUT2D eigenvalue weighted by Crippen LogP contribution is -2.54. The number of nitrogens with two attached hydrogens (primary N) is 1. The minimum Gasteiger partial charge on any atom is -0.381 e. The van der Waals surface area contributed by atoms with E-state index in [1.807, 2.05) is 18.2 Å². The predicted molar refractivity (Wildman–Crippen MR) is 93.2 cm³/mol. The Hall–Kier alpha value is -1.25. The lowest BCUT2D eigenvalue weighted by Gasteiger charge is -2.31. The van der Waals surface area contributed by atoms with Crippen LogP contribution in [0.5, 0.6) is 0 Å². The normalized spacial score (nSPS) is 16.8. The number of carbonyl (C=O) groups is 1. The molecule has 126 valence electrons. The molecule has 1 aliphatic heterocycles. The van der Waals surface area contributed by atoms with Crippen LogP contribution in [0.4, 0.5) is 5.13 Å². The molecule has 2 aromatic rings. The molecule has 0 radical (unpaired) electrons. The van der Waals surface area contributed by atoms with Crippen molar-refractivity contribution >= 4 is 45.0 Å². The van der Waals surface area contributed by atoms with Gasteiger partial charge in [0.25, 0.3) is 0 Å². The summed E-state index contributed by atoms with van der Waals surface area (Å²) in [4.78, 5) is 16.9. The molecule has 3 rings (SSSR count). The first kappa shape index (κ1) is 18.1. The highest BCUT2D eigenvalue weighted by molar-refractivity contribution is 7.22. The van der Waals surface area contributed by atoms with Crippen LogP contribution in [0.2, 0.25) is 0 Å². The number of benzene rings is 1. The predicted octanol–water partition coefficient (Wildman–Crippen LogP) is 2.31. The second kappa shape index (κ2) is 7.55. The fourth-order valence-electron chi connectivity index (χ4n) is 2.52. The second-order valence-electron chi connectivity index (χ2n) is 5.44. The average molecular weight is 358 g/mol. The summed E-state index contributed by atoms with van der Waals surface area (Å²) in [6.07, 6.45) is 1.05. The van der Waals surface area contributed by atoms with Gasteiger partial charge in [0.2, 0.25) is 5.91 Å². The van der Waals surface area contributed by atoms with Gasteiger partial charge in [-0.05, 0) is 18.9 Å². The number of fused-ring (bicyclic) bond motifs is 1. The third kappa shape index (κ3) is 3.81. The molecule has 1 aromatic heterocycles. The molecule has 0 atom stereocenters. The first-order valence-corrected chi connectivity index (χ1v) is 7.99. The van der Waals surface area contributed by atoms with Gasteiger partial charge in [-0.1, -0.05) is 23.5 Å². The zero-order chi connectivity index (χ0) is 15.6. The van der Waals surface area contributed by atoms with Crippen molar-refractivity contribution in [2.24, 2.45) is 5.73 Å². The maximum absolute atomic E-state index is 12.4. The number of para-hydroxylation sites is 1. The maximum atomic E-state index is 12.4. The van der Waals surface area contributed by atoms with Crippen molar-refractivity contribution in [3.63, 3.8) is 0 Å². The van der Waals surface area contributed by atoms with Gasteiger partial charge in [-0.15, -0.1) is 12.4 Å². The molecule has 0 spiro atoms. The van der Waals surface area contributed by atoms with Gasteiger partial charge in [-0.25, -0.2) is 4.98 Å². The Bertz CT molecular complexity index is 686. The van der Waals surface area contributed by atoms with Crippen LogP contribution >= 0.6 is 23.7 Å². The largest absolute Gasteiger partial charge is 0.381 e. The molecule has 6 nitrogen and oxygen atoms in total. The average Bonchev–Trinajstić information content (AvgIpc) is 2.92. The number of thiazole rings is 1. The fraction of sp³-hybridized carbons (Fsp3) is 0.467. The van der Waals surface area contributed by atoms with E-state index in [2.05, 4.69) is 10.3 Å². The molecule has 1 aliphatic rings. The maximum Gasteiger partial charge on any atom is 0.246 e. The smallest absolute Gasteiger partial charge is 0.246 e. The Balaban J connectivity index is 0.00000192. The van der Waals surface area contributed by atoms with E-state index in [0.29, 0.717) is 37.8 Å². The number of carbonyl (C=O) groups excluding carboxylic acids is 1. The van der Waals surface area contributed by atoms with Gasteiger partial charge >= 0.3 is 0 Å². The number of amides is 1. The minimum absolute atomic E-state index is 0. The van der Waals surface area contributed by atoms with Crippen LogP contribution in [0, 0.1) is 0 Å². The molecule has 0 unspecified atom stereocenters. The quantitative estimate of drug-likeness (QED) is 0.876. The molecule has 2 heterocycles. The van der Waals surface area contributed by atoms with Crippen LogP contribution in [0.25, 0.3) is 10.2 Å². The summed E-state index contributed by atoms with van der Waals surface area (Å²) in [6, 6.07) is 5.91. The highest BCUT2D eigenvalue weighted by atomic mass is 35.5. The third-order valence-corrected chi connectivity index (χ3v) is 4.80. The number of methoxy groups -OCH3 is 1. The molecule has 3 N–H and O–H groups in total. The number of nitrogens with zero attached hydrogens (tertiary/aromatic N) is 1. The molecule has 0 aliphatic carbocycles. The van der Waals surface area contributed by atoms with Crippen molar-refractivity contribution in [1.82, 2.24) is 4.98 Å². The molecule has 1 fully saturated rings. The Morgan fingerprint density at radius 2 is 2.22 bits per heavy atom. The van der Waals surface area contributed by atoms with Crippen LogP contribution < -0.4 is 11.1 Å². The van der Waals surface area contributed by atoms with Crippen molar-refractivity contribution < 1.29 is 14.3 Å². The van der Waals surface area contributed by atoms with E-state index >= 15 is 0 Å². The van der Waals surface area contributed by atoms with Crippen molar-refractivity contribution in [2.45, 2.75) is 25.0 Å². The van der Waals surface area contributed by atoms with Gasteiger partial charge in [0, 0.05) is 25.9 Å². The Morgan fingerprint density at radius 1 is 1.48 bits per heavy atom. The van der Waals surface area contributed by atoms with Gasteiger partial charge in [-0.3, -0.25) is 4.79 Å². The third-order valence-electron chi connectivity index (χ3n) is 3.86. The summed E-state index contributed by atoms with van der Waals surface area (Å²) < 4.78 is 11.5. The lowest BCUT2D eigenvalue weighted by molar-refractivity contribution is -0.124. The zero-order valence-corrected chi connectivity index (χ0v) is 14.5. The molecule has 8 heteroatoms. The van der Waals surface area contributed by atoms with E-state index in [1.54, 1.807) is 7.11 Å². The summed E-state index contributed by atoms with van der Waals surface area (Å²) in [5.74, 6) is -0.192. The summed E-state index contributed by atoms with van der Waals surface area (Å²) in [7, 11) is 1.65. The van der Waals surface area contributed by atoms with Gasteiger partial charge in [0.15, 0.2) is 5.13 Å². The SMILES string of the molecule is COCc1cccc2sc(NC(=O)C3(N)CCOCC3)nc12.Cl. The van der Waals surface area contributed by atoms with E-state index in [1.165, 1.54) is 11.3 Å². The summed E-state index contributed by atoms with van der Waals surface area (Å²) >= 11 is 1.44. The summed E-state index contributed by atoms with van der Waals surface area (Å²) in [5.41, 5.74) is 7.19. The number of rotatable bonds is 4. The summed E-state index contributed by atoms with van der Waals surface area (Å²) in [5, 5.41) is 3.43. The van der Waals surface area contributed by atoms with Gasteiger partial charge in [-0.2, -0.15) is 0 Å². The molecule has 1 aromatic carbocycles. The number of hydrogen-bond acceptors (Lipinski definition) is 6. The molecule has 0 saturated carbocycles. The fourth-order valence-corrected chi connectivity index (χ4v) is 3.42. The minimum atomic E-state index is -0.870. The monoisotopic (exact) mass is 357 g/mol. The number of halogens is 1. The van der Waals surface area contributed by atoms with Crippen LogP contribution in [0.15, 0.2) is 18.2 Å². The van der Waals surface area contributed by atoms with Crippen molar-refractivity contribution in [1.29, 1.82) is 0 Å². The number of nitrogens with one attached hydrogen (secondary N) is 1. The Kier molecular flexibility index (Phi) is 5.94. The van der Waals surface area contributed by atoms with Gasteiger partial charge in [0.05, 0.1) is 16.8 Å². The van der Waals surface area contributed by atoms with Crippen LogP contribution in [0.3, 0.4) is 0 Å². The van der Waals surface area contributed by atoms with Gasteiger partial charge < -0.3 is 20.5 Å². The molecule has 23 heavy (non-hydrogen) atoms. The highest BCUT2D eigenvalue weighted by Crippen LogP contribution is 2.29. The molecular formula is C15H20ClN3O3S. The lowest BCUT2D eigenvalue weighted by atomic mass is 9.90. The van der Waals surface area contributed by atoms with Crippen molar-refractivity contribution in [3.8, 4) is 0 Å². The number of hydrogen-bond donors (Lipinski definition) is 2. The topological polar surface area (TPSA) is 86.5 Å². The van der Waals surface area contributed by atoms with Crippen LogP contribution in [-0.4, -0.2) is 36.8 Å². The first-order chi connectivity index (χ1) is 10.6. The van der Waals surface area contributed by atoms with Crippen molar-refractivity contribution in [3.05, 3.63) is 23.8 Å². The van der Waals surface area contributed by atoms with E-state index in [4.69, 9.17) is 15.2 Å². The molecule has 1 saturated heterocycles. The van der Waals surface area contributed by atoms with E-state index in [-0.39, 0.29) is 18.3 Å².